The molecule has 26 heavy (non-hydrogen) atoms. The average Bonchev–Trinajstić information content (AvgIpc) is 3.03. The van der Waals surface area contributed by atoms with Gasteiger partial charge in [-0.25, -0.2) is 0 Å². The van der Waals surface area contributed by atoms with Crippen molar-refractivity contribution in [2.75, 3.05) is 13.1 Å². The van der Waals surface area contributed by atoms with Crippen LogP contribution < -0.4 is 10.6 Å². The van der Waals surface area contributed by atoms with Gasteiger partial charge < -0.3 is 10.6 Å². The average molecular weight is 361 g/mol. The van der Waals surface area contributed by atoms with E-state index in [0.717, 1.165) is 32.2 Å². The zero-order valence-corrected chi connectivity index (χ0v) is 16.1. The first kappa shape index (κ1) is 18.9. The fourth-order valence-corrected chi connectivity index (χ4v) is 4.14. The first-order valence-electron chi connectivity index (χ1n) is 9.77. The van der Waals surface area contributed by atoms with Crippen molar-refractivity contribution >= 4 is 11.8 Å². The van der Waals surface area contributed by atoms with Gasteiger partial charge in [-0.2, -0.15) is 5.10 Å². The van der Waals surface area contributed by atoms with Crippen molar-refractivity contribution < 1.29 is 9.59 Å². The van der Waals surface area contributed by atoms with Crippen LogP contribution in [0.25, 0.3) is 0 Å². The summed E-state index contributed by atoms with van der Waals surface area (Å²) in [5.41, 5.74) is 1.18. The van der Waals surface area contributed by atoms with Crippen molar-refractivity contribution in [3.05, 3.63) is 18.0 Å². The molecule has 2 aliphatic rings. The molecule has 0 radical (unpaired) electrons. The van der Waals surface area contributed by atoms with Crippen LogP contribution in [0.15, 0.2) is 12.4 Å². The number of rotatable bonds is 5. The SMILES string of the molecule is Cc1cnn(C2CCC(NC(=O)CC3C(=O)NCCN3C(C)C)CC2)c1. The summed E-state index contributed by atoms with van der Waals surface area (Å²) >= 11 is 0. The molecule has 1 saturated carbocycles. The van der Waals surface area contributed by atoms with Gasteiger partial charge in [0, 0.05) is 31.4 Å². The summed E-state index contributed by atoms with van der Waals surface area (Å²) in [5.74, 6) is -0.0473. The van der Waals surface area contributed by atoms with Gasteiger partial charge in [-0.15, -0.1) is 0 Å². The molecule has 1 aliphatic heterocycles. The Morgan fingerprint density at radius 1 is 1.35 bits per heavy atom. The lowest BCUT2D eigenvalue weighted by molar-refractivity contribution is -0.135. The van der Waals surface area contributed by atoms with Crippen molar-refractivity contribution in [1.29, 1.82) is 0 Å². The lowest BCUT2D eigenvalue weighted by atomic mass is 9.91. The van der Waals surface area contributed by atoms with Crippen molar-refractivity contribution in [2.24, 2.45) is 0 Å². The van der Waals surface area contributed by atoms with Crippen molar-refractivity contribution in [1.82, 2.24) is 25.3 Å². The van der Waals surface area contributed by atoms with Gasteiger partial charge >= 0.3 is 0 Å². The Kier molecular flexibility index (Phi) is 5.96. The highest BCUT2D eigenvalue weighted by molar-refractivity contribution is 5.89. The molecular formula is C19H31N5O2. The first-order chi connectivity index (χ1) is 12.4. The lowest BCUT2D eigenvalue weighted by Gasteiger charge is -2.38. The number of carbonyl (C=O) groups is 2. The number of aromatic nitrogens is 2. The number of nitrogens with one attached hydrogen (secondary N) is 2. The molecule has 1 aromatic rings. The minimum Gasteiger partial charge on any atom is -0.353 e. The largest absolute Gasteiger partial charge is 0.353 e. The molecule has 1 aromatic heterocycles. The molecule has 2 amide bonds. The van der Waals surface area contributed by atoms with Gasteiger partial charge in [0.2, 0.25) is 11.8 Å². The summed E-state index contributed by atoms with van der Waals surface area (Å²) in [4.78, 5) is 26.8. The third-order valence-corrected chi connectivity index (χ3v) is 5.58. The number of hydrogen-bond donors (Lipinski definition) is 2. The van der Waals surface area contributed by atoms with Crippen LogP contribution in [0.1, 0.15) is 57.6 Å². The highest BCUT2D eigenvalue weighted by atomic mass is 16.2. The molecule has 7 nitrogen and oxygen atoms in total. The van der Waals surface area contributed by atoms with Crippen LogP contribution >= 0.6 is 0 Å². The van der Waals surface area contributed by atoms with E-state index in [9.17, 15) is 9.59 Å². The van der Waals surface area contributed by atoms with Crippen molar-refractivity contribution in [2.45, 2.75) is 77.0 Å². The maximum atomic E-state index is 12.5. The second-order valence-corrected chi connectivity index (χ2v) is 7.91. The number of amides is 2. The van der Waals surface area contributed by atoms with Crippen LogP contribution in [0, 0.1) is 6.92 Å². The molecule has 7 heteroatoms. The van der Waals surface area contributed by atoms with E-state index in [0.29, 0.717) is 12.6 Å². The molecule has 0 aromatic carbocycles. The Morgan fingerprint density at radius 2 is 2.08 bits per heavy atom. The summed E-state index contributed by atoms with van der Waals surface area (Å²) < 4.78 is 2.06. The van der Waals surface area contributed by atoms with E-state index >= 15 is 0 Å². The zero-order valence-electron chi connectivity index (χ0n) is 16.1. The molecule has 1 aliphatic carbocycles. The summed E-state index contributed by atoms with van der Waals surface area (Å²) in [6, 6.07) is 0.533. The molecule has 0 spiro atoms. The number of piperazine rings is 1. The highest BCUT2D eigenvalue weighted by Gasteiger charge is 2.33. The van der Waals surface area contributed by atoms with Crippen LogP contribution in [0.5, 0.6) is 0 Å². The zero-order chi connectivity index (χ0) is 18.7. The van der Waals surface area contributed by atoms with Gasteiger partial charge in [-0.3, -0.25) is 19.2 Å². The van der Waals surface area contributed by atoms with Crippen LogP contribution in [-0.4, -0.2) is 57.7 Å². The lowest BCUT2D eigenvalue weighted by Crippen LogP contribution is -2.58. The normalized spacial score (nSPS) is 27.4. The third kappa shape index (κ3) is 4.44. The van der Waals surface area contributed by atoms with Crippen LogP contribution in [0.2, 0.25) is 0 Å². The number of aryl methyl sites for hydroxylation is 1. The maximum Gasteiger partial charge on any atom is 0.237 e. The Balaban J connectivity index is 1.48. The molecule has 1 unspecified atom stereocenters. The van der Waals surface area contributed by atoms with E-state index in [1.165, 1.54) is 5.56 Å². The molecule has 3 rings (SSSR count). The van der Waals surface area contributed by atoms with E-state index in [4.69, 9.17) is 0 Å². The van der Waals surface area contributed by atoms with Gasteiger partial charge in [0.05, 0.1) is 24.7 Å². The molecule has 2 N–H and O–H groups in total. The number of nitrogens with zero attached hydrogens (tertiary/aromatic N) is 3. The summed E-state index contributed by atoms with van der Waals surface area (Å²) in [6.45, 7) is 7.66. The van der Waals surface area contributed by atoms with E-state index < -0.39 is 0 Å². The molecule has 1 saturated heterocycles. The second-order valence-electron chi connectivity index (χ2n) is 7.91. The highest BCUT2D eigenvalue weighted by Crippen LogP contribution is 2.28. The van der Waals surface area contributed by atoms with Gasteiger partial charge in [0.25, 0.3) is 0 Å². The molecule has 2 heterocycles. The predicted molar refractivity (Wildman–Crippen MR) is 99.7 cm³/mol. The van der Waals surface area contributed by atoms with Gasteiger partial charge in [0.1, 0.15) is 0 Å². The van der Waals surface area contributed by atoms with Gasteiger partial charge in [0.15, 0.2) is 0 Å². The molecule has 1 atom stereocenters. The quantitative estimate of drug-likeness (QED) is 0.831. The van der Waals surface area contributed by atoms with Crippen LogP contribution in [0.3, 0.4) is 0 Å². The number of hydrogen-bond acceptors (Lipinski definition) is 4. The Labute approximate surface area is 155 Å². The number of carbonyl (C=O) groups excluding carboxylic acids is 2. The maximum absolute atomic E-state index is 12.5. The van der Waals surface area contributed by atoms with E-state index in [-0.39, 0.29) is 36.4 Å². The van der Waals surface area contributed by atoms with Crippen LogP contribution in [0.4, 0.5) is 0 Å². The second kappa shape index (κ2) is 8.20. The minimum atomic E-state index is -0.355. The Hall–Kier alpha value is -1.89. The summed E-state index contributed by atoms with van der Waals surface area (Å²) in [7, 11) is 0. The first-order valence-corrected chi connectivity index (χ1v) is 9.77. The Morgan fingerprint density at radius 3 is 2.69 bits per heavy atom. The smallest absolute Gasteiger partial charge is 0.237 e. The minimum absolute atomic E-state index is 0.0175. The summed E-state index contributed by atoms with van der Waals surface area (Å²) in [5, 5.41) is 10.4. The molecule has 2 fully saturated rings. The van der Waals surface area contributed by atoms with Crippen molar-refractivity contribution in [3.63, 3.8) is 0 Å². The monoisotopic (exact) mass is 361 g/mol. The van der Waals surface area contributed by atoms with Crippen molar-refractivity contribution in [3.8, 4) is 0 Å². The van der Waals surface area contributed by atoms with Crippen LogP contribution in [-0.2, 0) is 9.59 Å². The molecule has 0 bridgehead atoms. The van der Waals surface area contributed by atoms with E-state index in [2.05, 4.69) is 52.3 Å². The van der Waals surface area contributed by atoms with E-state index in [1.54, 1.807) is 0 Å². The van der Waals surface area contributed by atoms with Gasteiger partial charge in [-0.05, 0) is 52.0 Å². The Bertz CT molecular complexity index is 634. The molecule has 144 valence electrons. The predicted octanol–water partition coefficient (Wildman–Crippen LogP) is 1.39. The standard InChI is InChI=1S/C19H31N5O2/c1-13(2)23-9-8-20-19(26)17(23)10-18(25)22-15-4-6-16(7-5-15)24-12-14(3)11-21-24/h11-13,15-17H,4-10H2,1-3H3,(H,20,26)(H,22,25). The summed E-state index contributed by atoms with van der Waals surface area (Å²) in [6.07, 6.45) is 8.18. The molecular weight excluding hydrogens is 330 g/mol. The fourth-order valence-electron chi connectivity index (χ4n) is 4.14. The topological polar surface area (TPSA) is 79.3 Å². The van der Waals surface area contributed by atoms with E-state index in [1.807, 2.05) is 6.20 Å². The van der Waals surface area contributed by atoms with Gasteiger partial charge in [-0.1, -0.05) is 0 Å². The third-order valence-electron chi connectivity index (χ3n) is 5.58. The fraction of sp³-hybridized carbons (Fsp3) is 0.737.